The second kappa shape index (κ2) is 5.66. The predicted octanol–water partition coefficient (Wildman–Crippen LogP) is 3.47. The molecule has 1 unspecified atom stereocenters. The van der Waals surface area contributed by atoms with Gasteiger partial charge in [-0.15, -0.1) is 0 Å². The van der Waals surface area contributed by atoms with E-state index in [4.69, 9.17) is 16.9 Å². The Morgan fingerprint density at radius 1 is 1.15 bits per heavy atom. The van der Waals surface area contributed by atoms with E-state index in [1.165, 1.54) is 11.1 Å². The van der Waals surface area contributed by atoms with Gasteiger partial charge in [0.25, 0.3) is 0 Å². The summed E-state index contributed by atoms with van der Waals surface area (Å²) in [6, 6.07) is 16.5. The number of hydrogen-bond donors (Lipinski definition) is 1. The lowest BCUT2D eigenvalue weighted by Crippen LogP contribution is -2.28. The molecule has 1 N–H and O–H groups in total. The zero-order valence-electron chi connectivity index (χ0n) is 11.1. The Balaban J connectivity index is 1.62. The molecule has 0 spiro atoms. The first-order valence-electron chi connectivity index (χ1n) is 6.74. The molecule has 2 nitrogen and oxygen atoms in total. The van der Waals surface area contributed by atoms with Gasteiger partial charge in [0.15, 0.2) is 0 Å². The quantitative estimate of drug-likeness (QED) is 0.936. The Bertz CT molecular complexity index is 673. The van der Waals surface area contributed by atoms with Gasteiger partial charge in [0.2, 0.25) is 0 Å². The third kappa shape index (κ3) is 2.85. The maximum absolute atomic E-state index is 8.90. The van der Waals surface area contributed by atoms with Crippen molar-refractivity contribution in [3.05, 3.63) is 69.7 Å². The van der Waals surface area contributed by atoms with E-state index in [2.05, 4.69) is 23.5 Å². The van der Waals surface area contributed by atoms with E-state index in [0.29, 0.717) is 11.6 Å². The van der Waals surface area contributed by atoms with Crippen molar-refractivity contribution in [3.63, 3.8) is 0 Å². The third-order valence-corrected chi connectivity index (χ3v) is 3.99. The molecule has 0 amide bonds. The summed E-state index contributed by atoms with van der Waals surface area (Å²) in [5.41, 5.74) is 4.60. The summed E-state index contributed by atoms with van der Waals surface area (Å²) >= 11 is 6.03. The molecule has 2 aromatic carbocycles. The Morgan fingerprint density at radius 2 is 2.00 bits per heavy atom. The van der Waals surface area contributed by atoms with Crippen LogP contribution in [-0.4, -0.2) is 6.04 Å². The van der Waals surface area contributed by atoms with Gasteiger partial charge in [-0.3, -0.25) is 0 Å². The van der Waals surface area contributed by atoms with Crippen LogP contribution in [0.5, 0.6) is 0 Å². The molecule has 0 aromatic heterocycles. The van der Waals surface area contributed by atoms with Crippen LogP contribution < -0.4 is 5.32 Å². The van der Waals surface area contributed by atoms with Gasteiger partial charge < -0.3 is 5.32 Å². The molecule has 0 radical (unpaired) electrons. The van der Waals surface area contributed by atoms with Crippen LogP contribution in [0.2, 0.25) is 5.02 Å². The van der Waals surface area contributed by atoms with E-state index in [1.54, 1.807) is 0 Å². The maximum atomic E-state index is 8.90. The van der Waals surface area contributed by atoms with Gasteiger partial charge in [-0.05, 0) is 53.8 Å². The number of rotatable bonds is 3. The molecular weight excluding hydrogens is 268 g/mol. The number of halogens is 1. The summed E-state index contributed by atoms with van der Waals surface area (Å²) in [7, 11) is 0. The highest BCUT2D eigenvalue weighted by atomic mass is 35.5. The Hall–Kier alpha value is -1.82. The molecule has 100 valence electrons. The number of nitrogens with zero attached hydrogens (tertiary/aromatic N) is 1. The Labute approximate surface area is 124 Å². The normalized spacial score (nSPS) is 16.7. The Morgan fingerprint density at radius 3 is 2.85 bits per heavy atom. The van der Waals surface area contributed by atoms with Crippen LogP contribution in [-0.2, 0) is 19.4 Å². The van der Waals surface area contributed by atoms with Gasteiger partial charge in [-0.25, -0.2) is 0 Å². The lowest BCUT2D eigenvalue weighted by Gasteiger charge is -2.12. The SMILES string of the molecule is N#Cc1cccc(CNC2Cc3ccc(Cl)cc3C2)c1. The van der Waals surface area contributed by atoms with Crippen LogP contribution in [0.3, 0.4) is 0 Å². The first kappa shape index (κ1) is 13.2. The molecule has 0 aliphatic heterocycles. The van der Waals surface area contributed by atoms with Gasteiger partial charge in [-0.2, -0.15) is 5.26 Å². The monoisotopic (exact) mass is 282 g/mol. The van der Waals surface area contributed by atoms with Crippen LogP contribution in [0.4, 0.5) is 0 Å². The first-order chi connectivity index (χ1) is 9.74. The molecule has 3 rings (SSSR count). The minimum absolute atomic E-state index is 0.453. The number of nitriles is 1. The molecule has 0 fully saturated rings. The fourth-order valence-electron chi connectivity index (χ4n) is 2.74. The predicted molar refractivity (Wildman–Crippen MR) is 80.6 cm³/mol. The average molecular weight is 283 g/mol. The number of benzene rings is 2. The van der Waals surface area contributed by atoms with Crippen LogP contribution in [0.25, 0.3) is 0 Å². The molecule has 0 saturated heterocycles. The van der Waals surface area contributed by atoms with Gasteiger partial charge in [0, 0.05) is 17.6 Å². The van der Waals surface area contributed by atoms with Crippen molar-refractivity contribution in [3.8, 4) is 6.07 Å². The maximum Gasteiger partial charge on any atom is 0.0991 e. The first-order valence-corrected chi connectivity index (χ1v) is 7.12. The molecule has 0 bridgehead atoms. The number of nitrogens with one attached hydrogen (secondary N) is 1. The molecule has 0 saturated carbocycles. The van der Waals surface area contributed by atoms with E-state index >= 15 is 0 Å². The summed E-state index contributed by atoms with van der Waals surface area (Å²) in [6.45, 7) is 0.794. The van der Waals surface area contributed by atoms with Crippen molar-refractivity contribution in [1.29, 1.82) is 5.26 Å². The Kier molecular flexibility index (Phi) is 3.73. The summed E-state index contributed by atoms with van der Waals surface area (Å²) in [5.74, 6) is 0. The van der Waals surface area contributed by atoms with Crippen molar-refractivity contribution in [2.45, 2.75) is 25.4 Å². The van der Waals surface area contributed by atoms with Crippen LogP contribution in [0.15, 0.2) is 42.5 Å². The molecule has 2 aromatic rings. The highest BCUT2D eigenvalue weighted by molar-refractivity contribution is 6.30. The van der Waals surface area contributed by atoms with Gasteiger partial charge in [0.1, 0.15) is 0 Å². The van der Waals surface area contributed by atoms with E-state index in [1.807, 2.05) is 30.3 Å². The third-order valence-electron chi connectivity index (χ3n) is 3.75. The summed E-state index contributed by atoms with van der Waals surface area (Å²) in [5, 5.41) is 13.3. The molecule has 0 heterocycles. The molecular formula is C17H15ClN2. The zero-order chi connectivity index (χ0) is 13.9. The van der Waals surface area contributed by atoms with Crippen molar-refractivity contribution >= 4 is 11.6 Å². The second-order valence-electron chi connectivity index (χ2n) is 5.21. The highest BCUT2D eigenvalue weighted by Gasteiger charge is 2.20. The molecule has 1 atom stereocenters. The van der Waals surface area contributed by atoms with Crippen LogP contribution >= 0.6 is 11.6 Å². The van der Waals surface area contributed by atoms with Crippen molar-refractivity contribution < 1.29 is 0 Å². The lowest BCUT2D eigenvalue weighted by atomic mass is 10.1. The topological polar surface area (TPSA) is 35.8 Å². The van der Waals surface area contributed by atoms with Crippen LogP contribution in [0.1, 0.15) is 22.3 Å². The average Bonchev–Trinajstić information content (AvgIpc) is 2.87. The zero-order valence-corrected chi connectivity index (χ0v) is 11.8. The van der Waals surface area contributed by atoms with E-state index in [-0.39, 0.29) is 0 Å². The van der Waals surface area contributed by atoms with Gasteiger partial charge >= 0.3 is 0 Å². The summed E-state index contributed by atoms with van der Waals surface area (Å²) < 4.78 is 0. The van der Waals surface area contributed by atoms with E-state index < -0.39 is 0 Å². The van der Waals surface area contributed by atoms with Gasteiger partial charge in [-0.1, -0.05) is 29.8 Å². The fourth-order valence-corrected chi connectivity index (χ4v) is 2.94. The van der Waals surface area contributed by atoms with Crippen LogP contribution in [0, 0.1) is 11.3 Å². The second-order valence-corrected chi connectivity index (χ2v) is 5.65. The molecule has 1 aliphatic carbocycles. The highest BCUT2D eigenvalue weighted by Crippen LogP contribution is 2.25. The fraction of sp³-hybridized carbons (Fsp3) is 0.235. The molecule has 20 heavy (non-hydrogen) atoms. The standard InChI is InChI=1S/C17H15ClN2/c18-16-5-4-14-8-17(9-15(14)7-16)20-11-13-3-1-2-12(6-13)10-19/h1-7,17,20H,8-9,11H2. The smallest absolute Gasteiger partial charge is 0.0991 e. The summed E-state index contributed by atoms with van der Waals surface area (Å²) in [4.78, 5) is 0. The van der Waals surface area contributed by atoms with Crippen molar-refractivity contribution in [1.82, 2.24) is 5.32 Å². The minimum atomic E-state index is 0.453. The molecule has 3 heteroatoms. The van der Waals surface area contributed by atoms with Crippen molar-refractivity contribution in [2.24, 2.45) is 0 Å². The summed E-state index contributed by atoms with van der Waals surface area (Å²) in [6.07, 6.45) is 2.07. The molecule has 1 aliphatic rings. The minimum Gasteiger partial charge on any atom is -0.309 e. The van der Waals surface area contributed by atoms with E-state index in [9.17, 15) is 0 Å². The largest absolute Gasteiger partial charge is 0.309 e. The van der Waals surface area contributed by atoms with E-state index in [0.717, 1.165) is 30.0 Å². The number of fused-ring (bicyclic) bond motifs is 1. The van der Waals surface area contributed by atoms with Gasteiger partial charge in [0.05, 0.1) is 11.6 Å². The number of hydrogen-bond acceptors (Lipinski definition) is 2. The lowest BCUT2D eigenvalue weighted by molar-refractivity contribution is 0.533. The van der Waals surface area contributed by atoms with Crippen molar-refractivity contribution in [2.75, 3.05) is 0 Å².